The van der Waals surface area contributed by atoms with E-state index in [-0.39, 0.29) is 37.4 Å². The van der Waals surface area contributed by atoms with Crippen LogP contribution in [0.3, 0.4) is 0 Å². The molecule has 0 spiro atoms. The van der Waals surface area contributed by atoms with Crippen molar-refractivity contribution >= 4 is 0 Å². The van der Waals surface area contributed by atoms with Crippen molar-refractivity contribution < 1.29 is 36.4 Å². The molecule has 4 nitrogen and oxygen atoms in total. The van der Waals surface area contributed by atoms with E-state index in [9.17, 15) is 0 Å². The van der Waals surface area contributed by atoms with Gasteiger partial charge in [-0.15, -0.1) is 0 Å². The number of aliphatic hydroxyl groups excluding tert-OH is 1. The van der Waals surface area contributed by atoms with Gasteiger partial charge in [-0.2, -0.15) is 45.9 Å². The second-order valence-electron chi connectivity index (χ2n) is 3.45. The van der Waals surface area contributed by atoms with Gasteiger partial charge in [-0.25, -0.2) is 12.1 Å². The van der Waals surface area contributed by atoms with Gasteiger partial charge < -0.3 is 21.2 Å². The van der Waals surface area contributed by atoms with Gasteiger partial charge in [-0.1, -0.05) is 6.92 Å². The summed E-state index contributed by atoms with van der Waals surface area (Å²) in [6, 6.07) is 8.24. The number of hydrogen-bond donors (Lipinski definition) is 1. The van der Waals surface area contributed by atoms with Gasteiger partial charge in [0.05, 0.1) is 0 Å². The van der Waals surface area contributed by atoms with E-state index in [1.165, 1.54) is 5.56 Å². The van der Waals surface area contributed by atoms with Crippen molar-refractivity contribution in [1.82, 2.24) is 0 Å². The van der Waals surface area contributed by atoms with E-state index >= 15 is 0 Å². The minimum Gasteiger partial charge on any atom is -2.00 e. The van der Waals surface area contributed by atoms with Crippen LogP contribution < -0.4 is 0 Å². The molecule has 110 valence electrons. The van der Waals surface area contributed by atoms with E-state index in [0.29, 0.717) is 0 Å². The van der Waals surface area contributed by atoms with Crippen LogP contribution in [0.4, 0.5) is 0 Å². The van der Waals surface area contributed by atoms with Gasteiger partial charge in [0.25, 0.3) is 0 Å². The molecule has 5 heteroatoms. The summed E-state index contributed by atoms with van der Waals surface area (Å²) in [6.07, 6.45) is -0.167. The first-order valence-electron chi connectivity index (χ1n) is 5.28. The molecule has 0 aromatic heterocycles. The molecule has 0 amide bonds. The SMILES string of the molecule is CC(C)O.C[N-]C.C[N-]C.C[c-]1cccc1.[Hf].[O-2]. The first-order chi connectivity index (χ1) is 7.45. The first-order valence-corrected chi connectivity index (χ1v) is 5.28. The van der Waals surface area contributed by atoms with E-state index in [1.54, 1.807) is 42.0 Å². The molecule has 0 saturated carbocycles. The molecule has 1 aromatic carbocycles. The summed E-state index contributed by atoms with van der Waals surface area (Å²) < 4.78 is 0. The van der Waals surface area contributed by atoms with Crippen molar-refractivity contribution in [3.8, 4) is 0 Å². The van der Waals surface area contributed by atoms with Crippen LogP contribution in [-0.2, 0) is 31.3 Å². The molecule has 1 rings (SSSR count). The molecule has 0 bridgehead atoms. The van der Waals surface area contributed by atoms with Crippen LogP contribution in [0.2, 0.25) is 0 Å². The second kappa shape index (κ2) is 30.3. The van der Waals surface area contributed by atoms with Gasteiger partial charge in [-0.3, -0.25) is 0 Å². The van der Waals surface area contributed by atoms with Crippen molar-refractivity contribution in [2.45, 2.75) is 26.9 Å². The van der Waals surface area contributed by atoms with Gasteiger partial charge >= 0.3 is 0 Å². The molecule has 1 N–H and O–H groups in total. The Morgan fingerprint density at radius 3 is 1.17 bits per heavy atom. The zero-order chi connectivity index (χ0) is 13.4. The van der Waals surface area contributed by atoms with Crippen LogP contribution in [0.5, 0.6) is 0 Å². The summed E-state index contributed by atoms with van der Waals surface area (Å²) in [4.78, 5) is 0. The minimum atomic E-state index is -0.167. The van der Waals surface area contributed by atoms with Gasteiger partial charge in [0.15, 0.2) is 0 Å². The predicted octanol–water partition coefficient (Wildman–Crippen LogP) is 3.22. The maximum atomic E-state index is 8.06. The molecule has 0 radical (unpaired) electrons. The summed E-state index contributed by atoms with van der Waals surface area (Å²) in [5.41, 5.74) is 1.34. The Bertz CT molecular complexity index is 176. The molecule has 0 atom stereocenters. The summed E-state index contributed by atoms with van der Waals surface area (Å²) in [7, 11) is 7.00. The Kier molecular flexibility index (Phi) is 51.8. The molecule has 0 heterocycles. The van der Waals surface area contributed by atoms with Crippen LogP contribution in [0.25, 0.3) is 10.6 Å². The smallest absolute Gasteiger partial charge is 0.0483 e. The van der Waals surface area contributed by atoms with Crippen molar-refractivity contribution in [1.29, 1.82) is 0 Å². The van der Waals surface area contributed by atoms with Gasteiger partial charge in [0.1, 0.15) is 0 Å². The summed E-state index contributed by atoms with van der Waals surface area (Å²) >= 11 is 0. The van der Waals surface area contributed by atoms with Crippen molar-refractivity contribution in [3.05, 3.63) is 40.5 Å². The molecule has 18 heavy (non-hydrogen) atoms. The fraction of sp³-hybridized carbons (Fsp3) is 0.615. The maximum Gasteiger partial charge on any atom is 0.0483 e. The predicted molar refractivity (Wildman–Crippen MR) is 75.2 cm³/mol. The average Bonchev–Trinajstić information content (AvgIpc) is 2.57. The van der Waals surface area contributed by atoms with Crippen molar-refractivity contribution in [3.63, 3.8) is 0 Å². The molecule has 1 aromatic rings. The Balaban J connectivity index is -0.0000000425. The third-order valence-corrected chi connectivity index (χ3v) is 0.829. The maximum absolute atomic E-state index is 8.06. The Morgan fingerprint density at radius 2 is 1.11 bits per heavy atom. The number of aliphatic hydroxyl groups is 1. The van der Waals surface area contributed by atoms with Crippen LogP contribution in [0.15, 0.2) is 24.3 Å². The van der Waals surface area contributed by atoms with E-state index < -0.39 is 0 Å². The molecular formula is C13H27HfN2O2-5. The third kappa shape index (κ3) is 73.1. The molecule has 0 unspecified atom stereocenters. The summed E-state index contributed by atoms with van der Waals surface area (Å²) in [6.45, 7) is 5.53. The second-order valence-corrected chi connectivity index (χ2v) is 3.45. The molecule has 0 aliphatic rings. The van der Waals surface area contributed by atoms with Crippen LogP contribution in [0, 0.1) is 6.92 Å². The zero-order valence-electron chi connectivity index (χ0n) is 12.6. The quantitative estimate of drug-likeness (QED) is 0.506. The first kappa shape index (κ1) is 30.8. The Labute approximate surface area is 132 Å². The van der Waals surface area contributed by atoms with Gasteiger partial charge in [0.2, 0.25) is 0 Å². The Morgan fingerprint density at radius 1 is 0.944 bits per heavy atom. The number of nitrogens with zero attached hydrogens (tertiary/aromatic N) is 2. The molecule has 0 aliphatic heterocycles. The topological polar surface area (TPSA) is 76.9 Å². The standard InChI is InChI=1S/C6H7.C3H8O.2C2H6N.Hf.O/c1-6-4-2-3-5-6;1-3(2)4;2*1-3-2;;/h2-5H,1H3;3-4H,1-2H3;2*1-2H3;;/q-1;;2*-1;;-2. The molecule has 0 saturated heterocycles. The van der Waals surface area contributed by atoms with E-state index in [2.05, 4.69) is 29.7 Å². The van der Waals surface area contributed by atoms with Gasteiger partial charge in [0, 0.05) is 31.9 Å². The molecule has 0 aliphatic carbocycles. The zero-order valence-corrected chi connectivity index (χ0v) is 16.2. The van der Waals surface area contributed by atoms with Crippen LogP contribution in [-0.4, -0.2) is 39.4 Å². The molecular weight excluding hydrogens is 395 g/mol. The minimum absolute atomic E-state index is 0. The van der Waals surface area contributed by atoms with E-state index in [1.807, 2.05) is 12.1 Å². The fourth-order valence-corrected chi connectivity index (χ4v) is 0.470. The summed E-state index contributed by atoms with van der Waals surface area (Å²) in [5.74, 6) is 0. The van der Waals surface area contributed by atoms with Crippen LogP contribution >= 0.6 is 0 Å². The Hall–Kier alpha value is 0.0601. The largest absolute Gasteiger partial charge is 2.00 e. The third-order valence-electron chi connectivity index (χ3n) is 0.829. The van der Waals surface area contributed by atoms with E-state index in [0.717, 1.165) is 0 Å². The van der Waals surface area contributed by atoms with Crippen molar-refractivity contribution in [2.75, 3.05) is 28.2 Å². The number of aryl methyl sites for hydroxylation is 1. The number of rotatable bonds is 0. The number of hydrogen-bond acceptors (Lipinski definition) is 1. The molecule has 0 fully saturated rings. The fourth-order valence-electron chi connectivity index (χ4n) is 0.470. The van der Waals surface area contributed by atoms with Gasteiger partial charge in [-0.05, 0) is 13.8 Å². The monoisotopic (exact) mass is 423 g/mol. The summed E-state index contributed by atoms with van der Waals surface area (Å²) in [5, 5.41) is 15.1. The van der Waals surface area contributed by atoms with E-state index in [4.69, 9.17) is 5.11 Å². The average molecular weight is 422 g/mol. The van der Waals surface area contributed by atoms with Crippen LogP contribution in [0.1, 0.15) is 19.4 Å². The normalized spacial score (nSPS) is 6.94. The van der Waals surface area contributed by atoms with Crippen molar-refractivity contribution in [2.24, 2.45) is 0 Å².